The van der Waals surface area contributed by atoms with Gasteiger partial charge in [0.15, 0.2) is 0 Å². The van der Waals surface area contributed by atoms with E-state index in [-0.39, 0.29) is 0 Å². The predicted molar refractivity (Wildman–Crippen MR) is 70.1 cm³/mol. The van der Waals surface area contributed by atoms with Gasteiger partial charge in [-0.05, 0) is 0 Å². The fourth-order valence-electron chi connectivity index (χ4n) is 1.58. The molecule has 0 fully saturated rings. The van der Waals surface area contributed by atoms with Gasteiger partial charge in [0.05, 0.1) is 0 Å². The third-order valence-electron chi connectivity index (χ3n) is 2.29. The number of hydrogen-bond acceptors (Lipinski definition) is 4. The summed E-state index contributed by atoms with van der Waals surface area (Å²) in [5.74, 6) is 0. The molecule has 1 aromatic rings. The Bertz CT molecular complexity index is 287. The van der Waals surface area contributed by atoms with Crippen LogP contribution < -0.4 is 4.62 Å². The van der Waals surface area contributed by atoms with Crippen LogP contribution >= 0.6 is 7.94 Å². The molecule has 1 aromatic heterocycles. The molecule has 0 spiro atoms. The van der Waals surface area contributed by atoms with Crippen LogP contribution in [0.1, 0.15) is 33.6 Å². The van der Waals surface area contributed by atoms with Crippen molar-refractivity contribution in [3.8, 4) is 0 Å². The van der Waals surface area contributed by atoms with Gasteiger partial charge in [-0.3, -0.25) is 0 Å². The summed E-state index contributed by atoms with van der Waals surface area (Å²) in [7, 11) is -2.60. The molecule has 1 rings (SSSR count). The van der Waals surface area contributed by atoms with Gasteiger partial charge in [0, 0.05) is 0 Å². The van der Waals surface area contributed by atoms with Crippen LogP contribution in [-0.4, -0.2) is 29.1 Å². The zero-order valence-corrected chi connectivity index (χ0v) is 11.9. The van der Waals surface area contributed by atoms with Crippen molar-refractivity contribution in [1.29, 1.82) is 0 Å². The molecule has 6 heteroatoms. The first kappa shape index (κ1) is 14.4. The normalized spacial score (nSPS) is 12.6. The van der Waals surface area contributed by atoms with E-state index in [4.69, 9.17) is 13.7 Å². The van der Waals surface area contributed by atoms with Crippen LogP contribution in [0.15, 0.2) is 18.7 Å². The summed E-state index contributed by atoms with van der Waals surface area (Å²) >= 11 is 0. The van der Waals surface area contributed by atoms with Gasteiger partial charge in [-0.2, -0.15) is 0 Å². The van der Waals surface area contributed by atoms with Crippen molar-refractivity contribution in [1.82, 2.24) is 9.71 Å². The molecule has 0 unspecified atom stereocenters. The Balaban J connectivity index is 2.72. The number of unbranched alkanes of at least 4 members (excludes halogenated alkanes) is 1. The Morgan fingerprint density at radius 2 is 1.88 bits per heavy atom. The van der Waals surface area contributed by atoms with Crippen molar-refractivity contribution in [3.05, 3.63) is 18.7 Å². The van der Waals surface area contributed by atoms with Crippen molar-refractivity contribution in [2.24, 2.45) is 0 Å². The molecule has 0 atom stereocenters. The van der Waals surface area contributed by atoms with Gasteiger partial charge in [0.1, 0.15) is 0 Å². The van der Waals surface area contributed by atoms with Crippen molar-refractivity contribution < 1.29 is 13.7 Å². The first-order chi connectivity index (χ1) is 8.26. The fraction of sp³-hybridized carbons (Fsp3) is 0.727. The van der Waals surface area contributed by atoms with E-state index < -0.39 is 7.94 Å². The molecule has 0 aromatic carbocycles. The molecule has 0 bridgehead atoms. The number of nitrogens with zero attached hydrogens (tertiary/aromatic N) is 2. The Labute approximate surface area is 104 Å². The predicted octanol–water partition coefficient (Wildman–Crippen LogP) is 2.68. The molecule has 1 heterocycles. The van der Waals surface area contributed by atoms with E-state index in [1.165, 1.54) is 0 Å². The standard InChI is InChI=1S/C11H23N2O3P/c1-4-7-10-17(14-5-2,15-6-3)16-13-9-8-12-11-13/h8-9,11,17H,4-7,10H2,1-3H3. The van der Waals surface area contributed by atoms with Crippen molar-refractivity contribution in [2.45, 2.75) is 33.6 Å². The van der Waals surface area contributed by atoms with E-state index in [2.05, 4.69) is 11.9 Å². The van der Waals surface area contributed by atoms with Crippen LogP contribution in [0.2, 0.25) is 0 Å². The molecule has 0 radical (unpaired) electrons. The summed E-state index contributed by atoms with van der Waals surface area (Å²) in [5.41, 5.74) is 0. The second kappa shape index (κ2) is 7.64. The third kappa shape index (κ3) is 4.62. The van der Waals surface area contributed by atoms with Gasteiger partial charge in [0.2, 0.25) is 0 Å². The van der Waals surface area contributed by atoms with Crippen molar-refractivity contribution in [2.75, 3.05) is 19.4 Å². The number of hydrogen-bond donors (Lipinski definition) is 0. The Hall–Kier alpha value is -0.640. The van der Waals surface area contributed by atoms with Crippen LogP contribution in [0, 0.1) is 0 Å². The average Bonchev–Trinajstić information content (AvgIpc) is 2.80. The molecule has 5 nitrogen and oxygen atoms in total. The Morgan fingerprint density at radius 1 is 1.18 bits per heavy atom. The number of rotatable bonds is 9. The first-order valence-electron chi connectivity index (χ1n) is 6.21. The number of aromatic nitrogens is 2. The maximum absolute atomic E-state index is 5.87. The SMILES string of the molecule is CCCC[PH](OCC)(OCC)On1ccnc1. The molecule has 0 aliphatic rings. The van der Waals surface area contributed by atoms with Crippen LogP contribution in [-0.2, 0) is 9.05 Å². The summed E-state index contributed by atoms with van der Waals surface area (Å²) < 4.78 is 19.0. The molecule has 0 aliphatic carbocycles. The van der Waals surface area contributed by atoms with Crippen molar-refractivity contribution >= 4 is 7.94 Å². The molecule has 0 N–H and O–H groups in total. The van der Waals surface area contributed by atoms with Gasteiger partial charge >= 0.3 is 103 Å². The minimum atomic E-state index is -2.60. The molecule has 0 aliphatic heterocycles. The zero-order chi connectivity index (χ0) is 12.6. The van der Waals surface area contributed by atoms with Gasteiger partial charge in [-0.1, -0.05) is 0 Å². The summed E-state index contributed by atoms with van der Waals surface area (Å²) in [5, 5.41) is 0. The summed E-state index contributed by atoms with van der Waals surface area (Å²) in [6.07, 6.45) is 8.03. The second-order valence-electron chi connectivity index (χ2n) is 3.67. The van der Waals surface area contributed by atoms with Crippen LogP contribution in [0.25, 0.3) is 0 Å². The summed E-state index contributed by atoms with van der Waals surface area (Å²) in [6.45, 7) is 7.28. The molecular weight excluding hydrogens is 239 g/mol. The van der Waals surface area contributed by atoms with Crippen LogP contribution in [0.4, 0.5) is 0 Å². The second-order valence-corrected chi connectivity index (χ2v) is 6.29. The molecular formula is C11H23N2O3P. The summed E-state index contributed by atoms with van der Waals surface area (Å²) in [4.78, 5) is 3.96. The Kier molecular flexibility index (Phi) is 6.48. The monoisotopic (exact) mass is 262 g/mol. The summed E-state index contributed by atoms with van der Waals surface area (Å²) in [6, 6.07) is 0. The van der Waals surface area contributed by atoms with E-state index in [1.807, 2.05) is 13.8 Å². The molecule has 0 saturated carbocycles. The minimum absolute atomic E-state index is 0.602. The number of imidazole rings is 1. The molecule has 100 valence electrons. The van der Waals surface area contributed by atoms with E-state index >= 15 is 0 Å². The topological polar surface area (TPSA) is 45.5 Å². The van der Waals surface area contributed by atoms with E-state index in [9.17, 15) is 0 Å². The zero-order valence-electron chi connectivity index (χ0n) is 10.9. The van der Waals surface area contributed by atoms with E-state index in [0.717, 1.165) is 19.0 Å². The fourth-order valence-corrected chi connectivity index (χ4v) is 4.24. The van der Waals surface area contributed by atoms with Gasteiger partial charge < -0.3 is 0 Å². The first-order valence-corrected chi connectivity index (χ1v) is 8.15. The van der Waals surface area contributed by atoms with E-state index in [1.54, 1.807) is 23.5 Å². The molecule has 17 heavy (non-hydrogen) atoms. The maximum atomic E-state index is 5.87. The van der Waals surface area contributed by atoms with Crippen molar-refractivity contribution in [3.63, 3.8) is 0 Å². The third-order valence-corrected chi connectivity index (χ3v) is 5.20. The van der Waals surface area contributed by atoms with Crippen LogP contribution in [0.5, 0.6) is 0 Å². The van der Waals surface area contributed by atoms with Gasteiger partial charge in [0.25, 0.3) is 0 Å². The van der Waals surface area contributed by atoms with Crippen LogP contribution in [0.3, 0.4) is 0 Å². The average molecular weight is 262 g/mol. The molecule has 0 amide bonds. The van der Waals surface area contributed by atoms with E-state index in [0.29, 0.717) is 13.2 Å². The Morgan fingerprint density at radius 3 is 2.35 bits per heavy atom. The molecule has 0 saturated heterocycles. The quantitative estimate of drug-likeness (QED) is 0.642. The van der Waals surface area contributed by atoms with Gasteiger partial charge in [-0.15, -0.1) is 0 Å². The van der Waals surface area contributed by atoms with Gasteiger partial charge in [-0.25, -0.2) is 0 Å².